The van der Waals surface area contributed by atoms with Gasteiger partial charge in [-0.05, 0) is 42.5 Å². The minimum absolute atomic E-state index is 0.253. The molecule has 0 aliphatic carbocycles. The van der Waals surface area contributed by atoms with Crippen LogP contribution in [0.3, 0.4) is 0 Å². The highest BCUT2D eigenvalue weighted by molar-refractivity contribution is 5.41. The third kappa shape index (κ3) is 2.70. The molecule has 0 saturated carbocycles. The molecule has 3 nitrogen and oxygen atoms in total. The second-order valence-electron chi connectivity index (χ2n) is 6.61. The molecule has 2 aliphatic rings. The van der Waals surface area contributed by atoms with E-state index in [0.29, 0.717) is 12.0 Å². The van der Waals surface area contributed by atoms with Gasteiger partial charge in [0.05, 0.1) is 6.61 Å². The molecule has 2 N–H and O–H groups in total. The molecule has 0 spiro atoms. The van der Waals surface area contributed by atoms with Crippen molar-refractivity contribution >= 4 is 0 Å². The second kappa shape index (κ2) is 5.74. The molecule has 1 aromatic rings. The van der Waals surface area contributed by atoms with Crippen LogP contribution in [-0.4, -0.2) is 30.6 Å². The summed E-state index contributed by atoms with van der Waals surface area (Å²) in [5.41, 5.74) is 9.18. The lowest BCUT2D eigenvalue weighted by Crippen LogP contribution is -2.47. The molecule has 110 valence electrons. The van der Waals surface area contributed by atoms with E-state index in [9.17, 15) is 0 Å². The van der Waals surface area contributed by atoms with Crippen LogP contribution in [0.5, 0.6) is 5.75 Å². The predicted molar refractivity (Wildman–Crippen MR) is 82.0 cm³/mol. The maximum atomic E-state index is 6.45. The number of hydrogen-bond acceptors (Lipinski definition) is 3. The number of hydrogen-bond donors (Lipinski definition) is 1. The molecule has 0 bridgehead atoms. The summed E-state index contributed by atoms with van der Waals surface area (Å²) >= 11 is 0. The van der Waals surface area contributed by atoms with Gasteiger partial charge in [0.2, 0.25) is 0 Å². The molecule has 2 unspecified atom stereocenters. The molecule has 3 rings (SSSR count). The van der Waals surface area contributed by atoms with E-state index in [0.717, 1.165) is 31.7 Å². The Hall–Kier alpha value is -1.06. The zero-order chi connectivity index (χ0) is 14.1. The highest BCUT2D eigenvalue weighted by Crippen LogP contribution is 2.34. The van der Waals surface area contributed by atoms with E-state index < -0.39 is 0 Å². The molecule has 0 radical (unpaired) electrons. The average molecular weight is 274 g/mol. The Labute approximate surface area is 122 Å². The molecular weight excluding hydrogens is 248 g/mol. The Morgan fingerprint density at radius 3 is 3.05 bits per heavy atom. The normalized spacial score (nSPS) is 26.6. The van der Waals surface area contributed by atoms with Crippen molar-refractivity contribution in [3.8, 4) is 5.75 Å². The van der Waals surface area contributed by atoms with Crippen molar-refractivity contribution in [3.63, 3.8) is 0 Å². The van der Waals surface area contributed by atoms with Crippen LogP contribution >= 0.6 is 0 Å². The first kappa shape index (κ1) is 13.9. The van der Waals surface area contributed by atoms with Gasteiger partial charge in [0, 0.05) is 25.0 Å². The summed E-state index contributed by atoms with van der Waals surface area (Å²) in [7, 11) is 0. The molecule has 2 aliphatic heterocycles. The van der Waals surface area contributed by atoms with Crippen LogP contribution in [-0.2, 0) is 6.42 Å². The third-order valence-electron chi connectivity index (χ3n) is 4.44. The summed E-state index contributed by atoms with van der Waals surface area (Å²) in [5.74, 6) is 1.74. The number of nitrogens with zero attached hydrogens (tertiary/aromatic N) is 1. The Morgan fingerprint density at radius 2 is 2.25 bits per heavy atom. The van der Waals surface area contributed by atoms with Gasteiger partial charge in [-0.3, -0.25) is 4.90 Å². The summed E-state index contributed by atoms with van der Waals surface area (Å²) in [5, 5.41) is 0. The zero-order valence-corrected chi connectivity index (χ0v) is 12.6. The molecule has 1 saturated heterocycles. The quantitative estimate of drug-likeness (QED) is 0.921. The van der Waals surface area contributed by atoms with E-state index >= 15 is 0 Å². The van der Waals surface area contributed by atoms with Gasteiger partial charge in [0.15, 0.2) is 0 Å². The molecule has 2 heterocycles. The summed E-state index contributed by atoms with van der Waals surface area (Å²) < 4.78 is 5.61. The van der Waals surface area contributed by atoms with E-state index in [1.54, 1.807) is 0 Å². The van der Waals surface area contributed by atoms with Crippen LogP contribution in [0.25, 0.3) is 0 Å². The van der Waals surface area contributed by atoms with Crippen molar-refractivity contribution in [3.05, 3.63) is 29.3 Å². The maximum absolute atomic E-state index is 6.45. The van der Waals surface area contributed by atoms with Crippen molar-refractivity contribution in [1.29, 1.82) is 0 Å². The van der Waals surface area contributed by atoms with Crippen LogP contribution < -0.4 is 10.5 Å². The Morgan fingerprint density at radius 1 is 1.40 bits per heavy atom. The standard InChI is InChI=1S/C17H26N2O/c1-12(2)11-19-8-3-4-15(18)17(19)14-5-6-16-13(10-14)7-9-20-16/h5-6,10,12,15,17H,3-4,7-9,11,18H2,1-2H3. The maximum Gasteiger partial charge on any atom is 0.122 e. The van der Waals surface area contributed by atoms with E-state index in [1.807, 2.05) is 0 Å². The first-order valence-corrected chi connectivity index (χ1v) is 7.90. The van der Waals surface area contributed by atoms with Gasteiger partial charge in [-0.25, -0.2) is 0 Å². The molecule has 3 heteroatoms. The van der Waals surface area contributed by atoms with Gasteiger partial charge >= 0.3 is 0 Å². The molecule has 0 amide bonds. The molecule has 2 atom stereocenters. The Bertz CT molecular complexity index is 472. The van der Waals surface area contributed by atoms with Crippen molar-refractivity contribution in [2.75, 3.05) is 19.7 Å². The van der Waals surface area contributed by atoms with Crippen LogP contribution in [0.4, 0.5) is 0 Å². The number of nitrogens with two attached hydrogens (primary N) is 1. The van der Waals surface area contributed by atoms with Gasteiger partial charge in [0.1, 0.15) is 5.75 Å². The summed E-state index contributed by atoms with van der Waals surface area (Å²) in [6, 6.07) is 7.30. The number of likely N-dealkylation sites (tertiary alicyclic amines) is 1. The lowest BCUT2D eigenvalue weighted by Gasteiger charge is -2.41. The van der Waals surface area contributed by atoms with E-state index in [-0.39, 0.29) is 6.04 Å². The van der Waals surface area contributed by atoms with Gasteiger partial charge in [-0.1, -0.05) is 26.0 Å². The van der Waals surface area contributed by atoms with Gasteiger partial charge in [-0.15, -0.1) is 0 Å². The lowest BCUT2D eigenvalue weighted by molar-refractivity contribution is 0.114. The Balaban J connectivity index is 1.87. The molecule has 1 fully saturated rings. The smallest absolute Gasteiger partial charge is 0.122 e. The Kier molecular flexibility index (Phi) is 3.99. The fraction of sp³-hybridized carbons (Fsp3) is 0.647. The van der Waals surface area contributed by atoms with Crippen LogP contribution in [0, 0.1) is 5.92 Å². The predicted octanol–water partition coefficient (Wildman–Crippen LogP) is 2.74. The van der Waals surface area contributed by atoms with Crippen molar-refractivity contribution in [2.45, 2.75) is 45.2 Å². The topological polar surface area (TPSA) is 38.5 Å². The number of rotatable bonds is 3. The minimum Gasteiger partial charge on any atom is -0.493 e. The minimum atomic E-state index is 0.253. The third-order valence-corrected chi connectivity index (χ3v) is 4.44. The first-order valence-electron chi connectivity index (χ1n) is 7.90. The van der Waals surface area contributed by atoms with E-state index in [1.165, 1.54) is 24.1 Å². The summed E-state index contributed by atoms with van der Waals surface area (Å²) in [6.07, 6.45) is 3.39. The van der Waals surface area contributed by atoms with Gasteiger partial charge in [-0.2, -0.15) is 0 Å². The number of piperidine rings is 1. The van der Waals surface area contributed by atoms with Crippen LogP contribution in [0.2, 0.25) is 0 Å². The van der Waals surface area contributed by atoms with Crippen molar-refractivity contribution in [2.24, 2.45) is 11.7 Å². The van der Waals surface area contributed by atoms with Gasteiger partial charge in [0.25, 0.3) is 0 Å². The van der Waals surface area contributed by atoms with E-state index in [4.69, 9.17) is 10.5 Å². The summed E-state index contributed by atoms with van der Waals surface area (Å²) in [4.78, 5) is 2.58. The van der Waals surface area contributed by atoms with Crippen molar-refractivity contribution in [1.82, 2.24) is 4.90 Å². The number of ether oxygens (including phenoxy) is 1. The van der Waals surface area contributed by atoms with Crippen molar-refractivity contribution < 1.29 is 4.74 Å². The second-order valence-corrected chi connectivity index (χ2v) is 6.61. The molecule has 20 heavy (non-hydrogen) atoms. The SMILES string of the molecule is CC(C)CN1CCCC(N)C1c1ccc2c(c1)CCO2. The molecular formula is C17H26N2O. The average Bonchev–Trinajstić information content (AvgIpc) is 2.85. The zero-order valence-electron chi connectivity index (χ0n) is 12.6. The fourth-order valence-corrected chi connectivity index (χ4v) is 3.62. The van der Waals surface area contributed by atoms with E-state index in [2.05, 4.69) is 36.9 Å². The number of benzene rings is 1. The molecule has 1 aromatic carbocycles. The number of fused-ring (bicyclic) bond motifs is 1. The van der Waals surface area contributed by atoms with Gasteiger partial charge < -0.3 is 10.5 Å². The highest BCUT2D eigenvalue weighted by atomic mass is 16.5. The monoisotopic (exact) mass is 274 g/mol. The van der Waals surface area contributed by atoms with Crippen LogP contribution in [0.15, 0.2) is 18.2 Å². The largest absolute Gasteiger partial charge is 0.493 e. The fourth-order valence-electron chi connectivity index (χ4n) is 3.62. The lowest BCUT2D eigenvalue weighted by atomic mass is 9.89. The first-order chi connectivity index (χ1) is 9.65. The summed E-state index contributed by atoms with van der Waals surface area (Å²) in [6.45, 7) is 7.70. The van der Waals surface area contributed by atoms with Crippen LogP contribution in [0.1, 0.15) is 43.9 Å². The highest BCUT2D eigenvalue weighted by Gasteiger charge is 2.31. The molecule has 0 aromatic heterocycles.